The van der Waals surface area contributed by atoms with Gasteiger partial charge >= 0.3 is 0 Å². The molecule has 0 bridgehead atoms. The molecular weight excluding hydrogens is 278 g/mol. The Hall–Kier alpha value is -2.49. The molecule has 0 saturated heterocycles. The van der Waals surface area contributed by atoms with E-state index < -0.39 is 0 Å². The van der Waals surface area contributed by atoms with Crippen molar-refractivity contribution in [3.05, 3.63) is 53.1 Å². The van der Waals surface area contributed by atoms with Gasteiger partial charge in [0.05, 0.1) is 21.3 Å². The highest BCUT2D eigenvalue weighted by Gasteiger charge is 2.22. The van der Waals surface area contributed by atoms with Crippen LogP contribution in [0.3, 0.4) is 0 Å². The normalized spacial score (nSPS) is 16.0. The van der Waals surface area contributed by atoms with Crippen molar-refractivity contribution in [1.29, 1.82) is 0 Å². The zero-order valence-electron chi connectivity index (χ0n) is 13.0. The number of hydrogen-bond acceptors (Lipinski definition) is 4. The van der Waals surface area contributed by atoms with Crippen LogP contribution in [0.1, 0.15) is 22.6 Å². The lowest BCUT2D eigenvalue weighted by atomic mass is 9.86. The molecule has 2 aromatic carbocycles. The van der Waals surface area contributed by atoms with Crippen LogP contribution in [-0.4, -0.2) is 34.1 Å². The minimum absolute atomic E-state index is 0.214. The van der Waals surface area contributed by atoms with Crippen LogP contribution >= 0.6 is 0 Å². The van der Waals surface area contributed by atoms with Crippen molar-refractivity contribution < 1.29 is 14.2 Å². The molecule has 0 aromatic heterocycles. The van der Waals surface area contributed by atoms with Gasteiger partial charge in [0.1, 0.15) is 5.75 Å². The Morgan fingerprint density at radius 3 is 2.23 bits per heavy atom. The summed E-state index contributed by atoms with van der Waals surface area (Å²) in [5.74, 6) is 2.54. The zero-order valence-corrected chi connectivity index (χ0v) is 13.0. The van der Waals surface area contributed by atoms with E-state index in [4.69, 9.17) is 14.2 Å². The second-order valence-corrected chi connectivity index (χ2v) is 5.16. The molecule has 0 aliphatic carbocycles. The van der Waals surface area contributed by atoms with E-state index in [1.54, 1.807) is 21.3 Å². The number of aliphatic imine (C=N–C) groups is 1. The van der Waals surface area contributed by atoms with E-state index in [9.17, 15) is 0 Å². The molecule has 1 unspecified atom stereocenters. The summed E-state index contributed by atoms with van der Waals surface area (Å²) >= 11 is 0. The Morgan fingerprint density at radius 1 is 0.909 bits per heavy atom. The molecule has 2 aromatic rings. The molecule has 0 spiro atoms. The van der Waals surface area contributed by atoms with Crippen LogP contribution < -0.4 is 14.2 Å². The molecule has 3 rings (SSSR count). The summed E-state index contributed by atoms with van der Waals surface area (Å²) in [5.41, 5.74) is 3.49. The SMILES string of the molecule is COc1ccc(C2CN=Cc3cc(OC)c(OC)cc32)cc1. The van der Waals surface area contributed by atoms with Crippen LogP contribution in [-0.2, 0) is 0 Å². The van der Waals surface area contributed by atoms with Gasteiger partial charge < -0.3 is 14.2 Å². The van der Waals surface area contributed by atoms with Gasteiger partial charge in [-0.25, -0.2) is 0 Å². The van der Waals surface area contributed by atoms with Gasteiger partial charge in [0.2, 0.25) is 0 Å². The van der Waals surface area contributed by atoms with E-state index >= 15 is 0 Å². The monoisotopic (exact) mass is 297 g/mol. The third-order valence-corrected chi connectivity index (χ3v) is 4.00. The summed E-state index contributed by atoms with van der Waals surface area (Å²) in [7, 11) is 4.97. The number of rotatable bonds is 4. The van der Waals surface area contributed by atoms with E-state index in [0.717, 1.165) is 29.4 Å². The second-order valence-electron chi connectivity index (χ2n) is 5.16. The van der Waals surface area contributed by atoms with Crippen molar-refractivity contribution >= 4 is 6.21 Å². The van der Waals surface area contributed by atoms with E-state index in [-0.39, 0.29) is 5.92 Å². The van der Waals surface area contributed by atoms with Gasteiger partial charge in [-0.3, -0.25) is 4.99 Å². The van der Waals surface area contributed by atoms with E-state index in [0.29, 0.717) is 0 Å². The van der Waals surface area contributed by atoms with Gasteiger partial charge in [0.25, 0.3) is 0 Å². The quantitative estimate of drug-likeness (QED) is 0.869. The van der Waals surface area contributed by atoms with Crippen LogP contribution in [0.15, 0.2) is 41.4 Å². The predicted molar refractivity (Wildman–Crippen MR) is 86.8 cm³/mol. The molecule has 1 aliphatic heterocycles. The minimum Gasteiger partial charge on any atom is -0.497 e. The molecule has 22 heavy (non-hydrogen) atoms. The van der Waals surface area contributed by atoms with E-state index in [1.807, 2.05) is 30.5 Å². The average molecular weight is 297 g/mol. The highest BCUT2D eigenvalue weighted by Crippen LogP contribution is 2.37. The molecule has 4 nitrogen and oxygen atoms in total. The lowest BCUT2D eigenvalue weighted by Gasteiger charge is -2.23. The Labute approximate surface area is 130 Å². The smallest absolute Gasteiger partial charge is 0.161 e. The molecule has 1 atom stereocenters. The third-order valence-electron chi connectivity index (χ3n) is 4.00. The average Bonchev–Trinajstić information content (AvgIpc) is 2.60. The molecule has 1 heterocycles. The first-order chi connectivity index (χ1) is 10.8. The molecule has 0 radical (unpaired) electrons. The van der Waals surface area contributed by atoms with E-state index in [1.165, 1.54) is 11.1 Å². The molecule has 4 heteroatoms. The zero-order chi connectivity index (χ0) is 15.5. The fraction of sp³-hybridized carbons (Fsp3) is 0.278. The fourth-order valence-corrected chi connectivity index (χ4v) is 2.80. The highest BCUT2D eigenvalue weighted by molar-refractivity contribution is 5.85. The first-order valence-corrected chi connectivity index (χ1v) is 7.16. The fourth-order valence-electron chi connectivity index (χ4n) is 2.80. The Balaban J connectivity index is 2.04. The molecule has 0 fully saturated rings. The number of benzene rings is 2. The topological polar surface area (TPSA) is 40.0 Å². The lowest BCUT2D eigenvalue weighted by Crippen LogP contribution is -2.13. The summed E-state index contributed by atoms with van der Waals surface area (Å²) in [6, 6.07) is 12.2. The van der Waals surface area contributed by atoms with Crippen LogP contribution in [0.5, 0.6) is 17.2 Å². The lowest BCUT2D eigenvalue weighted by molar-refractivity contribution is 0.354. The van der Waals surface area contributed by atoms with Crippen LogP contribution in [0.4, 0.5) is 0 Å². The Morgan fingerprint density at radius 2 is 1.59 bits per heavy atom. The number of fused-ring (bicyclic) bond motifs is 1. The van der Waals surface area contributed by atoms with Gasteiger partial charge in [-0.05, 0) is 35.4 Å². The maximum atomic E-state index is 5.43. The molecule has 0 amide bonds. The largest absolute Gasteiger partial charge is 0.497 e. The second kappa shape index (κ2) is 6.10. The molecule has 114 valence electrons. The first kappa shape index (κ1) is 14.4. The van der Waals surface area contributed by atoms with E-state index in [2.05, 4.69) is 17.1 Å². The van der Waals surface area contributed by atoms with Gasteiger partial charge in [-0.2, -0.15) is 0 Å². The van der Waals surface area contributed by atoms with Crippen molar-refractivity contribution in [2.24, 2.45) is 4.99 Å². The maximum absolute atomic E-state index is 5.43. The maximum Gasteiger partial charge on any atom is 0.161 e. The molecule has 0 saturated carbocycles. The summed E-state index contributed by atoms with van der Waals surface area (Å²) in [4.78, 5) is 4.50. The minimum atomic E-state index is 0.214. The van der Waals surface area contributed by atoms with Gasteiger partial charge in [0.15, 0.2) is 11.5 Å². The Bertz CT molecular complexity index is 692. The summed E-state index contributed by atoms with van der Waals surface area (Å²) in [6.45, 7) is 0.731. The Kier molecular flexibility index (Phi) is 4.00. The van der Waals surface area contributed by atoms with Gasteiger partial charge in [0, 0.05) is 24.2 Å². The van der Waals surface area contributed by atoms with Crippen LogP contribution in [0.2, 0.25) is 0 Å². The molecule has 1 aliphatic rings. The van der Waals surface area contributed by atoms with Crippen molar-refractivity contribution in [2.45, 2.75) is 5.92 Å². The number of nitrogens with zero attached hydrogens (tertiary/aromatic N) is 1. The predicted octanol–water partition coefficient (Wildman–Crippen LogP) is 3.28. The van der Waals surface area contributed by atoms with Crippen LogP contribution in [0, 0.1) is 0 Å². The van der Waals surface area contributed by atoms with Crippen molar-refractivity contribution in [3.63, 3.8) is 0 Å². The molecule has 0 N–H and O–H groups in total. The summed E-state index contributed by atoms with van der Waals surface area (Å²) in [6.07, 6.45) is 1.90. The van der Waals surface area contributed by atoms with Gasteiger partial charge in [-0.1, -0.05) is 12.1 Å². The number of methoxy groups -OCH3 is 3. The standard InChI is InChI=1S/C18H19NO3/c1-20-14-6-4-12(5-7-14)16-11-19-10-13-8-17(21-2)18(22-3)9-15(13)16/h4-10,16H,11H2,1-3H3. The first-order valence-electron chi connectivity index (χ1n) is 7.16. The van der Waals surface area contributed by atoms with Crippen molar-refractivity contribution in [2.75, 3.05) is 27.9 Å². The number of hydrogen-bond donors (Lipinski definition) is 0. The molecular formula is C18H19NO3. The highest BCUT2D eigenvalue weighted by atomic mass is 16.5. The van der Waals surface area contributed by atoms with Crippen molar-refractivity contribution in [3.8, 4) is 17.2 Å². The number of ether oxygens (including phenoxy) is 3. The van der Waals surface area contributed by atoms with Gasteiger partial charge in [-0.15, -0.1) is 0 Å². The van der Waals surface area contributed by atoms with Crippen LogP contribution in [0.25, 0.3) is 0 Å². The van der Waals surface area contributed by atoms with Crippen molar-refractivity contribution in [1.82, 2.24) is 0 Å². The third kappa shape index (κ3) is 2.52. The summed E-state index contributed by atoms with van der Waals surface area (Å²) < 4.78 is 16.0. The summed E-state index contributed by atoms with van der Waals surface area (Å²) in [5, 5.41) is 0.